The number of allylic oxidation sites excluding steroid dienone is 14. The van der Waals surface area contributed by atoms with Crippen molar-refractivity contribution in [3.05, 3.63) is 85.1 Å². The van der Waals surface area contributed by atoms with Crippen LogP contribution in [-0.2, 0) is 32.7 Å². The second kappa shape index (κ2) is 42.8. The molecule has 9 nitrogen and oxygen atoms in total. The van der Waals surface area contributed by atoms with Gasteiger partial charge in [0, 0.05) is 19.4 Å². The molecule has 0 bridgehead atoms. The lowest BCUT2D eigenvalue weighted by molar-refractivity contribution is -0.161. The van der Waals surface area contributed by atoms with Crippen LogP contribution in [0.1, 0.15) is 168 Å². The fourth-order valence-electron chi connectivity index (χ4n) is 5.52. The molecule has 10 heteroatoms. The number of phosphoric acid groups is 1. The number of hydrogen-bond acceptors (Lipinski definition) is 8. The van der Waals surface area contributed by atoms with E-state index < -0.39 is 32.5 Å². The van der Waals surface area contributed by atoms with Crippen LogP contribution in [0.15, 0.2) is 85.1 Å². The summed E-state index contributed by atoms with van der Waals surface area (Å²) in [6.07, 6.45) is 53.3. The lowest BCUT2D eigenvalue weighted by Gasteiger charge is -2.19. The van der Waals surface area contributed by atoms with Gasteiger partial charge in [0.25, 0.3) is 0 Å². The number of hydrogen-bond donors (Lipinski definition) is 2. The van der Waals surface area contributed by atoms with Crippen LogP contribution in [0.2, 0.25) is 0 Å². The van der Waals surface area contributed by atoms with Crippen LogP contribution >= 0.6 is 7.82 Å². The van der Waals surface area contributed by atoms with Gasteiger partial charge in [-0.2, -0.15) is 0 Å². The van der Waals surface area contributed by atoms with E-state index in [1.807, 2.05) is 6.08 Å². The molecule has 0 aromatic rings. The van der Waals surface area contributed by atoms with E-state index in [1.165, 1.54) is 57.8 Å². The third-order valence-corrected chi connectivity index (χ3v) is 9.75. The molecule has 0 aliphatic carbocycles. The first-order chi connectivity index (χ1) is 27.8. The Balaban J connectivity index is 4.25. The summed E-state index contributed by atoms with van der Waals surface area (Å²) in [6, 6.07) is 0. The first kappa shape index (κ1) is 54.2. The second-order valence-electron chi connectivity index (χ2n) is 14.2. The lowest BCUT2D eigenvalue weighted by Crippen LogP contribution is -2.29. The minimum absolute atomic E-state index is 0.0408. The average molecular weight is 818 g/mol. The zero-order chi connectivity index (χ0) is 41.8. The van der Waals surface area contributed by atoms with Gasteiger partial charge in [-0.05, 0) is 83.5 Å². The molecule has 0 fully saturated rings. The first-order valence-electron chi connectivity index (χ1n) is 22.1. The topological polar surface area (TPSA) is 134 Å². The minimum atomic E-state index is -4.40. The molecular weight excluding hydrogens is 737 g/mol. The molecule has 0 saturated carbocycles. The molecule has 0 aliphatic rings. The number of unbranched alkanes of at least 4 members (excludes halogenated alkanes) is 13. The van der Waals surface area contributed by atoms with Gasteiger partial charge in [0.15, 0.2) is 6.10 Å². The molecule has 0 radical (unpaired) electrons. The summed E-state index contributed by atoms with van der Waals surface area (Å²) < 4.78 is 32.7. The standard InChI is InChI=1S/C47H80NO8P/c1-3-5-7-9-11-13-15-17-19-21-22-24-26-28-30-32-34-36-38-40-47(50)56-45(44-55-57(51,52)54-42-41-48)43-53-46(49)39-37-35-33-31-29-27-25-23-20-18-16-14-12-10-8-6-4-2/h6,8,11-14,17-20,25,27,31,33,45H,3-5,7,9-10,15-16,21-24,26,28-30,32,34-44,48H2,1-2H3,(H,51,52). The number of rotatable bonds is 40. The van der Waals surface area contributed by atoms with Gasteiger partial charge in [0.05, 0.1) is 13.2 Å². The van der Waals surface area contributed by atoms with E-state index in [-0.39, 0.29) is 32.6 Å². The molecule has 57 heavy (non-hydrogen) atoms. The first-order valence-corrected chi connectivity index (χ1v) is 23.6. The summed E-state index contributed by atoms with van der Waals surface area (Å²) >= 11 is 0. The Morgan fingerprint density at radius 2 is 0.982 bits per heavy atom. The van der Waals surface area contributed by atoms with Crippen molar-refractivity contribution in [2.75, 3.05) is 26.4 Å². The summed E-state index contributed by atoms with van der Waals surface area (Å²) in [5, 5.41) is 0. The van der Waals surface area contributed by atoms with E-state index in [9.17, 15) is 19.0 Å². The van der Waals surface area contributed by atoms with Crippen molar-refractivity contribution in [2.45, 2.75) is 174 Å². The number of esters is 2. The van der Waals surface area contributed by atoms with Crippen LogP contribution in [0.4, 0.5) is 0 Å². The highest BCUT2D eigenvalue weighted by Crippen LogP contribution is 2.43. The van der Waals surface area contributed by atoms with Crippen LogP contribution in [0.5, 0.6) is 0 Å². The number of carbonyl (C=O) groups is 2. The maximum absolute atomic E-state index is 12.6. The number of nitrogens with two attached hydrogens (primary N) is 1. The highest BCUT2D eigenvalue weighted by Gasteiger charge is 2.25. The van der Waals surface area contributed by atoms with Crippen molar-refractivity contribution >= 4 is 19.8 Å². The van der Waals surface area contributed by atoms with Crippen molar-refractivity contribution in [1.82, 2.24) is 0 Å². The smallest absolute Gasteiger partial charge is 0.462 e. The summed E-state index contributed by atoms with van der Waals surface area (Å²) in [7, 11) is -4.40. The molecule has 2 atom stereocenters. The Bertz CT molecular complexity index is 1210. The van der Waals surface area contributed by atoms with Crippen molar-refractivity contribution < 1.29 is 37.6 Å². The fourth-order valence-corrected chi connectivity index (χ4v) is 6.29. The molecule has 0 amide bonds. The molecule has 0 aromatic heterocycles. The highest BCUT2D eigenvalue weighted by molar-refractivity contribution is 7.47. The second-order valence-corrected chi connectivity index (χ2v) is 15.6. The Kier molecular flexibility index (Phi) is 40.7. The van der Waals surface area contributed by atoms with Gasteiger partial charge in [0.1, 0.15) is 6.61 Å². The van der Waals surface area contributed by atoms with Gasteiger partial charge in [0.2, 0.25) is 0 Å². The molecule has 2 unspecified atom stereocenters. The zero-order valence-electron chi connectivity index (χ0n) is 35.8. The predicted octanol–water partition coefficient (Wildman–Crippen LogP) is 12.8. The van der Waals surface area contributed by atoms with Crippen LogP contribution in [0.3, 0.4) is 0 Å². The Morgan fingerprint density at radius 1 is 0.544 bits per heavy atom. The molecular formula is C47H80NO8P. The molecule has 326 valence electrons. The molecule has 0 rings (SSSR count). The summed E-state index contributed by atoms with van der Waals surface area (Å²) in [4.78, 5) is 34.9. The molecule has 0 spiro atoms. The Labute approximate surface area is 347 Å². The van der Waals surface area contributed by atoms with Gasteiger partial charge in [-0.25, -0.2) is 4.57 Å². The molecule has 0 saturated heterocycles. The van der Waals surface area contributed by atoms with E-state index in [0.717, 1.165) is 70.6 Å². The number of ether oxygens (including phenoxy) is 2. The fraction of sp³-hybridized carbons (Fsp3) is 0.660. The SMILES string of the molecule is CCC=CCC=CCC=CCC=CCC=CCCCC(=O)OCC(COP(=O)(O)OCCN)OC(=O)CCCCCCCCCCCC=CCC=CCCCCC. The van der Waals surface area contributed by atoms with Crippen molar-refractivity contribution in [2.24, 2.45) is 5.73 Å². The van der Waals surface area contributed by atoms with Gasteiger partial charge >= 0.3 is 19.8 Å². The number of phosphoric ester groups is 1. The molecule has 3 N–H and O–H groups in total. The summed E-state index contributed by atoms with van der Waals surface area (Å²) in [5.41, 5.74) is 5.35. The van der Waals surface area contributed by atoms with Crippen molar-refractivity contribution in [1.29, 1.82) is 0 Å². The maximum Gasteiger partial charge on any atom is 0.472 e. The van der Waals surface area contributed by atoms with Crippen LogP contribution in [0.25, 0.3) is 0 Å². The van der Waals surface area contributed by atoms with E-state index in [2.05, 4.69) is 92.8 Å². The third kappa shape index (κ3) is 42.6. The van der Waals surface area contributed by atoms with Crippen molar-refractivity contribution in [3.8, 4) is 0 Å². The molecule has 0 aliphatic heterocycles. The van der Waals surface area contributed by atoms with Gasteiger partial charge in [-0.15, -0.1) is 0 Å². The van der Waals surface area contributed by atoms with E-state index in [1.54, 1.807) is 0 Å². The zero-order valence-corrected chi connectivity index (χ0v) is 36.7. The third-order valence-electron chi connectivity index (χ3n) is 8.77. The normalized spacial score (nSPS) is 14.1. The van der Waals surface area contributed by atoms with Crippen LogP contribution in [0, 0.1) is 0 Å². The van der Waals surface area contributed by atoms with E-state index in [4.69, 9.17) is 24.3 Å². The van der Waals surface area contributed by atoms with Gasteiger partial charge < -0.3 is 20.1 Å². The van der Waals surface area contributed by atoms with Crippen LogP contribution in [-0.4, -0.2) is 49.3 Å². The Hall–Kier alpha value is -2.81. The van der Waals surface area contributed by atoms with E-state index in [0.29, 0.717) is 12.8 Å². The maximum atomic E-state index is 12.6. The largest absolute Gasteiger partial charge is 0.472 e. The molecule has 0 heterocycles. The summed E-state index contributed by atoms with van der Waals surface area (Å²) in [5.74, 6) is -0.908. The highest BCUT2D eigenvalue weighted by atomic mass is 31.2. The summed E-state index contributed by atoms with van der Waals surface area (Å²) in [6.45, 7) is 3.51. The lowest BCUT2D eigenvalue weighted by atomic mass is 10.1. The predicted molar refractivity (Wildman–Crippen MR) is 238 cm³/mol. The van der Waals surface area contributed by atoms with Gasteiger partial charge in [-0.3, -0.25) is 18.6 Å². The quantitative estimate of drug-likeness (QED) is 0.0268. The number of carbonyl (C=O) groups excluding carboxylic acids is 2. The van der Waals surface area contributed by atoms with E-state index >= 15 is 0 Å². The van der Waals surface area contributed by atoms with Crippen molar-refractivity contribution in [3.63, 3.8) is 0 Å². The minimum Gasteiger partial charge on any atom is -0.462 e. The monoisotopic (exact) mass is 818 g/mol. The Morgan fingerprint density at radius 3 is 1.49 bits per heavy atom. The molecule has 0 aromatic carbocycles. The van der Waals surface area contributed by atoms with Gasteiger partial charge in [-0.1, -0.05) is 157 Å². The average Bonchev–Trinajstić information content (AvgIpc) is 3.20. The van der Waals surface area contributed by atoms with Crippen LogP contribution < -0.4 is 5.73 Å².